The maximum atomic E-state index is 12.0. The molecule has 1 atom stereocenters. The lowest BCUT2D eigenvalue weighted by Gasteiger charge is -2.17. The third-order valence-corrected chi connectivity index (χ3v) is 3.05. The summed E-state index contributed by atoms with van der Waals surface area (Å²) < 4.78 is 5.06. The number of ether oxygens (including phenoxy) is 1. The maximum absolute atomic E-state index is 12.0. The smallest absolute Gasteiger partial charge is 0.355 e. The van der Waals surface area contributed by atoms with Gasteiger partial charge in [0.1, 0.15) is 5.69 Å². The molecule has 0 unspecified atom stereocenters. The van der Waals surface area contributed by atoms with Crippen LogP contribution in [0.1, 0.15) is 17.4 Å². The van der Waals surface area contributed by atoms with Gasteiger partial charge in [-0.2, -0.15) is 0 Å². The molecule has 1 N–H and O–H groups in total. The van der Waals surface area contributed by atoms with Crippen molar-refractivity contribution in [2.24, 2.45) is 0 Å². The average Bonchev–Trinajstić information content (AvgIpc) is 2.46. The van der Waals surface area contributed by atoms with E-state index in [0.717, 1.165) is 0 Å². The number of pyridine rings is 1. The minimum atomic E-state index is -0.914. The van der Waals surface area contributed by atoms with Gasteiger partial charge in [0.05, 0.1) is 0 Å². The van der Waals surface area contributed by atoms with Crippen LogP contribution in [0, 0.1) is 0 Å². The predicted molar refractivity (Wildman–Crippen MR) is 78.1 cm³/mol. The van der Waals surface area contributed by atoms with Gasteiger partial charge in [0, 0.05) is 19.5 Å². The molecule has 0 aliphatic rings. The first-order chi connectivity index (χ1) is 9.90. The van der Waals surface area contributed by atoms with E-state index in [4.69, 9.17) is 4.74 Å². The molecule has 1 heterocycles. The van der Waals surface area contributed by atoms with Crippen molar-refractivity contribution in [2.75, 3.05) is 14.1 Å². The molecule has 2 aromatic rings. The Kier molecular flexibility index (Phi) is 4.07. The Hall–Kier alpha value is -2.63. The fraction of sp³-hybridized carbons (Fsp3) is 0.267. The molecule has 0 aliphatic carbocycles. The number of nitrogens with one attached hydrogen (secondary N) is 1. The van der Waals surface area contributed by atoms with E-state index in [9.17, 15) is 14.4 Å². The molecule has 1 aromatic heterocycles. The first-order valence-electron chi connectivity index (χ1n) is 6.44. The first kappa shape index (κ1) is 14.8. The van der Waals surface area contributed by atoms with Crippen LogP contribution in [0.3, 0.4) is 0 Å². The lowest BCUT2D eigenvalue weighted by Crippen LogP contribution is -2.35. The van der Waals surface area contributed by atoms with Gasteiger partial charge in [-0.15, -0.1) is 0 Å². The van der Waals surface area contributed by atoms with E-state index in [-0.39, 0.29) is 17.2 Å². The Balaban J connectivity index is 2.28. The molecule has 2 rings (SSSR count). The average molecular weight is 288 g/mol. The lowest BCUT2D eigenvalue weighted by atomic mass is 10.1. The molecule has 1 aromatic carbocycles. The van der Waals surface area contributed by atoms with Crippen LogP contribution >= 0.6 is 0 Å². The molecular formula is C15H16N2O4. The van der Waals surface area contributed by atoms with Crippen LogP contribution in [0.4, 0.5) is 0 Å². The number of nitrogens with zero attached hydrogens (tertiary/aromatic N) is 1. The zero-order valence-electron chi connectivity index (χ0n) is 12.0. The number of likely N-dealkylation sites (N-methyl/N-ethyl adjacent to an activating group) is 1. The number of carbonyl (C=O) groups excluding carboxylic acids is 2. The number of aromatic amines is 1. The van der Waals surface area contributed by atoms with Crippen molar-refractivity contribution < 1.29 is 14.3 Å². The summed E-state index contributed by atoms with van der Waals surface area (Å²) in [4.78, 5) is 39.4. The third-order valence-electron chi connectivity index (χ3n) is 3.05. The minimum Gasteiger partial charge on any atom is -0.448 e. The summed E-state index contributed by atoms with van der Waals surface area (Å²) in [5.74, 6) is -1.06. The minimum absolute atomic E-state index is 0.0251. The van der Waals surface area contributed by atoms with Crippen LogP contribution in [-0.4, -0.2) is 42.0 Å². The highest BCUT2D eigenvalue weighted by Gasteiger charge is 2.21. The van der Waals surface area contributed by atoms with Gasteiger partial charge >= 0.3 is 5.97 Å². The number of hydrogen-bond donors (Lipinski definition) is 1. The van der Waals surface area contributed by atoms with Gasteiger partial charge in [-0.1, -0.05) is 18.2 Å². The molecule has 6 nitrogen and oxygen atoms in total. The second kappa shape index (κ2) is 5.78. The second-order valence-electron chi connectivity index (χ2n) is 4.88. The Morgan fingerprint density at radius 2 is 1.90 bits per heavy atom. The van der Waals surface area contributed by atoms with Crippen LogP contribution in [0.2, 0.25) is 0 Å². The van der Waals surface area contributed by atoms with Crippen molar-refractivity contribution in [3.8, 4) is 0 Å². The van der Waals surface area contributed by atoms with Crippen molar-refractivity contribution in [3.63, 3.8) is 0 Å². The summed E-state index contributed by atoms with van der Waals surface area (Å²) >= 11 is 0. The summed E-state index contributed by atoms with van der Waals surface area (Å²) in [5.41, 5.74) is -0.344. The highest BCUT2D eigenvalue weighted by Crippen LogP contribution is 2.11. The van der Waals surface area contributed by atoms with Crippen molar-refractivity contribution in [1.82, 2.24) is 9.88 Å². The Labute approximate surface area is 121 Å². The molecule has 110 valence electrons. The van der Waals surface area contributed by atoms with E-state index in [1.165, 1.54) is 17.9 Å². The van der Waals surface area contributed by atoms with Gasteiger partial charge in [0.15, 0.2) is 6.10 Å². The van der Waals surface area contributed by atoms with Crippen molar-refractivity contribution in [2.45, 2.75) is 13.0 Å². The molecule has 0 spiro atoms. The van der Waals surface area contributed by atoms with E-state index in [1.54, 1.807) is 38.4 Å². The van der Waals surface area contributed by atoms with Gasteiger partial charge in [0.2, 0.25) is 0 Å². The number of carbonyl (C=O) groups is 2. The number of aromatic nitrogens is 1. The normalized spacial score (nSPS) is 12.0. The van der Waals surface area contributed by atoms with E-state index < -0.39 is 12.1 Å². The van der Waals surface area contributed by atoms with E-state index >= 15 is 0 Å². The number of fused-ring (bicyclic) bond motifs is 1. The molecule has 1 amide bonds. The molecule has 0 saturated carbocycles. The fourth-order valence-corrected chi connectivity index (χ4v) is 1.96. The molecule has 0 bridgehead atoms. The topological polar surface area (TPSA) is 79.5 Å². The van der Waals surface area contributed by atoms with Crippen LogP contribution in [0.15, 0.2) is 35.1 Å². The molecule has 21 heavy (non-hydrogen) atoms. The monoisotopic (exact) mass is 288 g/mol. The molecule has 0 radical (unpaired) electrons. The largest absolute Gasteiger partial charge is 0.448 e. The predicted octanol–water partition coefficient (Wildman–Crippen LogP) is 1.16. The van der Waals surface area contributed by atoms with Gasteiger partial charge < -0.3 is 14.6 Å². The van der Waals surface area contributed by atoms with E-state index in [2.05, 4.69) is 4.98 Å². The van der Waals surface area contributed by atoms with Crippen molar-refractivity contribution >= 4 is 22.6 Å². The lowest BCUT2D eigenvalue weighted by molar-refractivity contribution is -0.137. The standard InChI is InChI=1S/C15H16N2O4/c1-9(14(19)17(2)3)21-15(20)12-8-10-6-4-5-7-11(10)13(18)16-12/h4-9H,1-3H3,(H,16,18)/t9-/m0/s1. The zero-order valence-corrected chi connectivity index (χ0v) is 12.0. The van der Waals surface area contributed by atoms with Gasteiger partial charge in [-0.05, 0) is 24.4 Å². The molecule has 6 heteroatoms. The van der Waals surface area contributed by atoms with Crippen LogP contribution in [0.25, 0.3) is 10.8 Å². The fourth-order valence-electron chi connectivity index (χ4n) is 1.96. The number of esters is 1. The SMILES string of the molecule is C[C@H](OC(=O)c1cc2ccccc2c(=O)[nH]1)C(=O)N(C)C. The Morgan fingerprint density at radius 1 is 1.24 bits per heavy atom. The summed E-state index contributed by atoms with van der Waals surface area (Å²) in [6, 6.07) is 8.45. The van der Waals surface area contributed by atoms with Crippen molar-refractivity contribution in [1.29, 1.82) is 0 Å². The third kappa shape index (κ3) is 3.10. The molecule has 0 saturated heterocycles. The number of H-pyrrole nitrogens is 1. The quantitative estimate of drug-likeness (QED) is 0.860. The number of hydrogen-bond acceptors (Lipinski definition) is 4. The number of benzene rings is 1. The van der Waals surface area contributed by atoms with Crippen LogP contribution in [0.5, 0.6) is 0 Å². The molecule has 0 fully saturated rings. The summed E-state index contributed by atoms with van der Waals surface area (Å²) in [5, 5.41) is 1.13. The summed E-state index contributed by atoms with van der Waals surface area (Å²) in [6.07, 6.45) is -0.914. The van der Waals surface area contributed by atoms with Crippen LogP contribution in [-0.2, 0) is 9.53 Å². The number of amides is 1. The molecular weight excluding hydrogens is 272 g/mol. The maximum Gasteiger partial charge on any atom is 0.355 e. The summed E-state index contributed by atoms with van der Waals surface area (Å²) in [7, 11) is 3.15. The Bertz CT molecular complexity index is 749. The van der Waals surface area contributed by atoms with E-state index in [1.807, 2.05) is 0 Å². The highest BCUT2D eigenvalue weighted by molar-refractivity contribution is 5.94. The van der Waals surface area contributed by atoms with E-state index in [0.29, 0.717) is 10.8 Å². The number of rotatable bonds is 3. The van der Waals surface area contributed by atoms with Gasteiger partial charge in [-0.3, -0.25) is 9.59 Å². The van der Waals surface area contributed by atoms with Crippen LogP contribution < -0.4 is 5.56 Å². The highest BCUT2D eigenvalue weighted by atomic mass is 16.5. The first-order valence-corrected chi connectivity index (χ1v) is 6.44. The van der Waals surface area contributed by atoms with Crippen molar-refractivity contribution in [3.05, 3.63) is 46.4 Å². The zero-order chi connectivity index (χ0) is 15.6. The Morgan fingerprint density at radius 3 is 2.57 bits per heavy atom. The van der Waals surface area contributed by atoms with Gasteiger partial charge in [0.25, 0.3) is 11.5 Å². The molecule has 0 aliphatic heterocycles. The second-order valence-corrected chi connectivity index (χ2v) is 4.88. The van der Waals surface area contributed by atoms with Gasteiger partial charge in [-0.25, -0.2) is 4.79 Å². The summed E-state index contributed by atoms with van der Waals surface area (Å²) in [6.45, 7) is 1.49.